The van der Waals surface area contributed by atoms with E-state index in [1.54, 1.807) is 20.8 Å². The van der Waals surface area contributed by atoms with Crippen LogP contribution in [0.25, 0.3) is 0 Å². The number of nitrogens with one attached hydrogen (secondary N) is 4. The first kappa shape index (κ1) is 20.3. The lowest BCUT2D eigenvalue weighted by molar-refractivity contribution is -0.129. The molecule has 3 amide bonds. The average Bonchev–Trinajstić information content (AvgIpc) is 2.50. The first-order chi connectivity index (χ1) is 11.6. The number of carbonyl (C=O) groups excluding carboxylic acids is 3. The molecule has 0 aliphatic rings. The van der Waals surface area contributed by atoms with E-state index in [4.69, 9.17) is 4.74 Å². The topological polar surface area (TPSA) is 109 Å². The molecule has 4 N–H and O–H groups in total. The lowest BCUT2D eigenvalue weighted by Gasteiger charge is -2.21. The van der Waals surface area contributed by atoms with Crippen molar-refractivity contribution in [2.45, 2.75) is 46.3 Å². The first-order valence-electron chi connectivity index (χ1n) is 7.95. The molecule has 0 aliphatic heterocycles. The zero-order valence-corrected chi connectivity index (χ0v) is 15.2. The molecule has 1 atom stereocenters. The van der Waals surface area contributed by atoms with Crippen LogP contribution in [0.4, 0.5) is 10.5 Å². The molecule has 0 bridgehead atoms. The molecule has 0 spiro atoms. The van der Waals surface area contributed by atoms with Crippen molar-refractivity contribution in [3.05, 3.63) is 29.8 Å². The largest absolute Gasteiger partial charge is 0.444 e. The maximum absolute atomic E-state index is 11.8. The maximum atomic E-state index is 11.8. The Bertz CT molecular complexity index is 608. The normalized spacial score (nSPS) is 11.9. The predicted octanol–water partition coefficient (Wildman–Crippen LogP) is 1.47. The van der Waals surface area contributed by atoms with E-state index >= 15 is 0 Å². The van der Waals surface area contributed by atoms with Gasteiger partial charge in [0.2, 0.25) is 0 Å². The molecule has 1 aromatic rings. The molecule has 0 saturated carbocycles. The third kappa shape index (κ3) is 8.59. The number of aryl methyl sites for hydroxylation is 1. The van der Waals surface area contributed by atoms with Gasteiger partial charge in [-0.25, -0.2) is 4.79 Å². The SMILES string of the molecule is Cc1ccc(NCC(=O)NNC(=O)[C@@H](C)NC(=O)OC(C)(C)C)cc1. The monoisotopic (exact) mass is 350 g/mol. The number of hydrazine groups is 1. The molecular formula is C17H26N4O4. The molecule has 0 unspecified atom stereocenters. The van der Waals surface area contributed by atoms with Crippen LogP contribution in [-0.4, -0.2) is 36.1 Å². The molecule has 0 saturated heterocycles. The Labute approximate surface area is 147 Å². The quantitative estimate of drug-likeness (QED) is 0.601. The van der Waals surface area contributed by atoms with Gasteiger partial charge in [0.1, 0.15) is 11.6 Å². The summed E-state index contributed by atoms with van der Waals surface area (Å²) in [6.45, 7) is 8.61. The van der Waals surface area contributed by atoms with Crippen LogP contribution in [0.15, 0.2) is 24.3 Å². The first-order valence-corrected chi connectivity index (χ1v) is 7.95. The van der Waals surface area contributed by atoms with Gasteiger partial charge in [-0.15, -0.1) is 0 Å². The zero-order valence-electron chi connectivity index (χ0n) is 15.2. The Morgan fingerprint density at radius 2 is 1.68 bits per heavy atom. The number of ether oxygens (including phenoxy) is 1. The molecule has 0 radical (unpaired) electrons. The highest BCUT2D eigenvalue weighted by Gasteiger charge is 2.21. The van der Waals surface area contributed by atoms with Crippen molar-refractivity contribution in [1.82, 2.24) is 16.2 Å². The van der Waals surface area contributed by atoms with Crippen molar-refractivity contribution >= 4 is 23.6 Å². The third-order valence-electron chi connectivity index (χ3n) is 2.96. The van der Waals surface area contributed by atoms with Crippen LogP contribution in [0.1, 0.15) is 33.3 Å². The number of rotatable bonds is 5. The fourth-order valence-electron chi connectivity index (χ4n) is 1.69. The van der Waals surface area contributed by atoms with E-state index < -0.39 is 29.6 Å². The van der Waals surface area contributed by atoms with Gasteiger partial charge in [-0.05, 0) is 46.8 Å². The summed E-state index contributed by atoms with van der Waals surface area (Å²) in [5.41, 5.74) is 5.78. The number of hydrogen-bond acceptors (Lipinski definition) is 5. The second-order valence-corrected chi connectivity index (χ2v) is 6.62. The minimum Gasteiger partial charge on any atom is -0.444 e. The van der Waals surface area contributed by atoms with E-state index in [2.05, 4.69) is 21.5 Å². The van der Waals surface area contributed by atoms with Crippen LogP contribution in [0, 0.1) is 6.92 Å². The summed E-state index contributed by atoms with van der Waals surface area (Å²) in [4.78, 5) is 35.1. The molecule has 0 aliphatic carbocycles. The van der Waals surface area contributed by atoms with Gasteiger partial charge in [0.15, 0.2) is 0 Å². The molecule has 0 aromatic heterocycles. The number of alkyl carbamates (subject to hydrolysis) is 1. The van der Waals surface area contributed by atoms with Crippen molar-refractivity contribution in [3.63, 3.8) is 0 Å². The third-order valence-corrected chi connectivity index (χ3v) is 2.96. The van der Waals surface area contributed by atoms with Crippen LogP contribution in [0.2, 0.25) is 0 Å². The van der Waals surface area contributed by atoms with Gasteiger partial charge in [0.05, 0.1) is 6.54 Å². The van der Waals surface area contributed by atoms with Gasteiger partial charge in [-0.2, -0.15) is 0 Å². The molecule has 1 rings (SSSR count). The minimum absolute atomic E-state index is 0.00276. The summed E-state index contributed by atoms with van der Waals surface area (Å²) in [6.07, 6.45) is -0.706. The number of benzene rings is 1. The van der Waals surface area contributed by atoms with E-state index in [-0.39, 0.29) is 6.54 Å². The molecule has 8 heteroatoms. The van der Waals surface area contributed by atoms with Crippen molar-refractivity contribution < 1.29 is 19.1 Å². The van der Waals surface area contributed by atoms with Crippen molar-refractivity contribution in [2.75, 3.05) is 11.9 Å². The molecule has 138 valence electrons. The van der Waals surface area contributed by atoms with E-state index in [1.165, 1.54) is 6.92 Å². The Hall–Kier alpha value is -2.77. The van der Waals surface area contributed by atoms with Gasteiger partial charge in [-0.3, -0.25) is 20.4 Å². The highest BCUT2D eigenvalue weighted by atomic mass is 16.6. The van der Waals surface area contributed by atoms with E-state index in [1.807, 2.05) is 31.2 Å². The highest BCUT2D eigenvalue weighted by Crippen LogP contribution is 2.08. The number of amides is 3. The van der Waals surface area contributed by atoms with E-state index in [0.29, 0.717) is 0 Å². The second kappa shape index (κ2) is 8.91. The number of carbonyl (C=O) groups is 3. The van der Waals surface area contributed by atoms with Crippen LogP contribution in [-0.2, 0) is 14.3 Å². The van der Waals surface area contributed by atoms with Gasteiger partial charge in [-0.1, -0.05) is 17.7 Å². The van der Waals surface area contributed by atoms with Crippen molar-refractivity contribution in [2.24, 2.45) is 0 Å². The zero-order chi connectivity index (χ0) is 19.0. The van der Waals surface area contributed by atoms with Crippen molar-refractivity contribution in [1.29, 1.82) is 0 Å². The van der Waals surface area contributed by atoms with Gasteiger partial charge in [0, 0.05) is 5.69 Å². The Morgan fingerprint density at radius 3 is 2.24 bits per heavy atom. The van der Waals surface area contributed by atoms with Crippen LogP contribution >= 0.6 is 0 Å². The molecule has 0 heterocycles. The second-order valence-electron chi connectivity index (χ2n) is 6.62. The minimum atomic E-state index is -0.861. The van der Waals surface area contributed by atoms with Crippen LogP contribution < -0.4 is 21.5 Å². The Balaban J connectivity index is 2.31. The van der Waals surface area contributed by atoms with Gasteiger partial charge in [0.25, 0.3) is 11.8 Å². The summed E-state index contributed by atoms with van der Waals surface area (Å²) < 4.78 is 5.05. The van der Waals surface area contributed by atoms with Crippen LogP contribution in [0.3, 0.4) is 0 Å². The Morgan fingerprint density at radius 1 is 1.08 bits per heavy atom. The van der Waals surface area contributed by atoms with E-state index in [0.717, 1.165) is 11.3 Å². The number of hydrogen-bond donors (Lipinski definition) is 4. The van der Waals surface area contributed by atoms with Gasteiger partial charge < -0.3 is 15.4 Å². The summed E-state index contributed by atoms with van der Waals surface area (Å²) in [5, 5.41) is 5.31. The summed E-state index contributed by atoms with van der Waals surface area (Å²) in [7, 11) is 0. The molecule has 1 aromatic carbocycles. The van der Waals surface area contributed by atoms with Crippen LogP contribution in [0.5, 0.6) is 0 Å². The fraction of sp³-hybridized carbons (Fsp3) is 0.471. The summed E-state index contributed by atoms with van der Waals surface area (Å²) in [5.74, 6) is -0.979. The lowest BCUT2D eigenvalue weighted by atomic mass is 10.2. The van der Waals surface area contributed by atoms with E-state index in [9.17, 15) is 14.4 Å². The van der Waals surface area contributed by atoms with Crippen molar-refractivity contribution in [3.8, 4) is 0 Å². The Kier molecular flexibility index (Phi) is 7.22. The number of anilines is 1. The molecule has 25 heavy (non-hydrogen) atoms. The lowest BCUT2D eigenvalue weighted by Crippen LogP contribution is -2.52. The summed E-state index contributed by atoms with van der Waals surface area (Å²) in [6, 6.07) is 6.69. The van der Waals surface area contributed by atoms with Gasteiger partial charge >= 0.3 is 6.09 Å². The predicted molar refractivity (Wildman–Crippen MR) is 94.8 cm³/mol. The fourth-order valence-corrected chi connectivity index (χ4v) is 1.69. The molecule has 0 fully saturated rings. The maximum Gasteiger partial charge on any atom is 0.408 e. The summed E-state index contributed by atoms with van der Waals surface area (Å²) >= 11 is 0. The molecular weight excluding hydrogens is 324 g/mol. The smallest absolute Gasteiger partial charge is 0.408 e. The standard InChI is InChI=1S/C17H26N4O4/c1-11-6-8-13(9-7-11)18-10-14(22)20-21-15(23)12(2)19-16(24)25-17(3,4)5/h6-9,12,18H,10H2,1-5H3,(H,19,24)(H,20,22)(H,21,23)/t12-/m1/s1. The highest BCUT2D eigenvalue weighted by molar-refractivity contribution is 5.88. The average molecular weight is 350 g/mol. The molecule has 8 nitrogen and oxygen atoms in total.